The molecule has 1 amide bonds. The maximum Gasteiger partial charge on any atom is 0.229 e. The number of hydrogen-bond acceptors (Lipinski definition) is 5. The molecule has 2 fully saturated rings. The molecule has 0 radical (unpaired) electrons. The van der Waals surface area contributed by atoms with Crippen LogP contribution in [0.5, 0.6) is 0 Å². The number of amides is 1. The Kier molecular flexibility index (Phi) is 3.93. The number of sulfone groups is 1. The fourth-order valence-electron chi connectivity index (χ4n) is 2.62. The van der Waals surface area contributed by atoms with E-state index in [1.807, 2.05) is 7.05 Å². The molecule has 104 valence electrons. The standard InChI is InChI=1S/C11H20N2O4S/c1-8-7-18(15,16)4-3-13(8)11(14)9-5-17-6-10(9)12-2/h8-10,12H,3-7H2,1-2H3. The predicted molar refractivity (Wildman–Crippen MR) is 67.0 cm³/mol. The van der Waals surface area contributed by atoms with Gasteiger partial charge in [-0.15, -0.1) is 0 Å². The zero-order chi connectivity index (χ0) is 13.3. The molecule has 0 aromatic carbocycles. The minimum atomic E-state index is -2.98. The van der Waals surface area contributed by atoms with Crippen LogP contribution < -0.4 is 5.32 Å². The molecule has 2 aliphatic heterocycles. The molecule has 3 atom stereocenters. The molecule has 0 aromatic rings. The first-order valence-electron chi connectivity index (χ1n) is 6.20. The second-order valence-electron chi connectivity index (χ2n) is 5.03. The smallest absolute Gasteiger partial charge is 0.229 e. The van der Waals surface area contributed by atoms with E-state index in [0.717, 1.165) is 0 Å². The van der Waals surface area contributed by atoms with Gasteiger partial charge in [0.15, 0.2) is 9.84 Å². The van der Waals surface area contributed by atoms with E-state index in [9.17, 15) is 13.2 Å². The molecule has 0 spiro atoms. The number of nitrogens with one attached hydrogen (secondary N) is 1. The molecule has 0 aromatic heterocycles. The number of carbonyl (C=O) groups is 1. The highest BCUT2D eigenvalue weighted by molar-refractivity contribution is 7.91. The fraction of sp³-hybridized carbons (Fsp3) is 0.909. The number of hydrogen-bond donors (Lipinski definition) is 1. The van der Waals surface area contributed by atoms with Crippen LogP contribution in [0.15, 0.2) is 0 Å². The molecule has 0 aliphatic carbocycles. The van der Waals surface area contributed by atoms with E-state index in [-0.39, 0.29) is 35.4 Å². The SMILES string of the molecule is CNC1COCC1C(=O)N1CCS(=O)(=O)CC1C. The van der Waals surface area contributed by atoms with Crippen molar-refractivity contribution < 1.29 is 17.9 Å². The second-order valence-corrected chi connectivity index (χ2v) is 7.26. The maximum absolute atomic E-state index is 12.4. The average molecular weight is 276 g/mol. The summed E-state index contributed by atoms with van der Waals surface area (Å²) >= 11 is 0. The largest absolute Gasteiger partial charge is 0.379 e. The molecule has 0 bridgehead atoms. The van der Waals surface area contributed by atoms with Crippen molar-refractivity contribution in [3.05, 3.63) is 0 Å². The molecule has 7 heteroatoms. The fourth-order valence-corrected chi connectivity index (χ4v) is 4.18. The molecule has 2 heterocycles. The Hall–Kier alpha value is -0.660. The lowest BCUT2D eigenvalue weighted by molar-refractivity contribution is -0.137. The van der Waals surface area contributed by atoms with Gasteiger partial charge in [-0.25, -0.2) is 8.42 Å². The van der Waals surface area contributed by atoms with Crippen molar-refractivity contribution in [2.24, 2.45) is 5.92 Å². The van der Waals surface area contributed by atoms with E-state index in [1.54, 1.807) is 11.8 Å². The molecular weight excluding hydrogens is 256 g/mol. The van der Waals surface area contributed by atoms with Gasteiger partial charge in [0.05, 0.1) is 30.6 Å². The summed E-state index contributed by atoms with van der Waals surface area (Å²) < 4.78 is 28.3. The molecule has 6 nitrogen and oxygen atoms in total. The van der Waals surface area contributed by atoms with Crippen LogP contribution in [0.25, 0.3) is 0 Å². The van der Waals surface area contributed by atoms with Gasteiger partial charge in [0.25, 0.3) is 0 Å². The van der Waals surface area contributed by atoms with Crippen molar-refractivity contribution in [3.8, 4) is 0 Å². The predicted octanol–water partition coefficient (Wildman–Crippen LogP) is -1.13. The van der Waals surface area contributed by atoms with Crippen LogP contribution in [0.4, 0.5) is 0 Å². The van der Waals surface area contributed by atoms with Crippen molar-refractivity contribution in [2.45, 2.75) is 19.0 Å². The average Bonchev–Trinajstić information content (AvgIpc) is 2.74. The van der Waals surface area contributed by atoms with Crippen LogP contribution in [0.1, 0.15) is 6.92 Å². The van der Waals surface area contributed by atoms with Crippen molar-refractivity contribution in [3.63, 3.8) is 0 Å². The van der Waals surface area contributed by atoms with E-state index < -0.39 is 9.84 Å². The first kappa shape index (κ1) is 13.8. The van der Waals surface area contributed by atoms with E-state index in [4.69, 9.17) is 4.74 Å². The highest BCUT2D eigenvalue weighted by Gasteiger charge is 2.39. The summed E-state index contributed by atoms with van der Waals surface area (Å²) in [5.74, 6) is -0.0512. The molecule has 3 unspecified atom stereocenters. The van der Waals surface area contributed by atoms with Gasteiger partial charge in [0.1, 0.15) is 0 Å². The summed E-state index contributed by atoms with van der Waals surface area (Å²) in [4.78, 5) is 14.1. The van der Waals surface area contributed by atoms with Crippen LogP contribution in [0, 0.1) is 5.92 Å². The molecule has 1 N–H and O–H groups in total. The van der Waals surface area contributed by atoms with Crippen molar-refractivity contribution in [2.75, 3.05) is 38.3 Å². The van der Waals surface area contributed by atoms with Gasteiger partial charge in [-0.05, 0) is 14.0 Å². The van der Waals surface area contributed by atoms with E-state index in [2.05, 4.69) is 5.32 Å². The first-order chi connectivity index (χ1) is 8.44. The van der Waals surface area contributed by atoms with Gasteiger partial charge >= 0.3 is 0 Å². The summed E-state index contributed by atoms with van der Waals surface area (Å²) in [6.07, 6.45) is 0. The maximum atomic E-state index is 12.4. The Labute approximate surface area is 108 Å². The van der Waals surface area contributed by atoms with Gasteiger partial charge in [0.2, 0.25) is 5.91 Å². The quantitative estimate of drug-likeness (QED) is 0.690. The van der Waals surface area contributed by atoms with Gasteiger partial charge in [-0.3, -0.25) is 4.79 Å². The number of nitrogens with zero attached hydrogens (tertiary/aromatic N) is 1. The molecule has 0 saturated carbocycles. The lowest BCUT2D eigenvalue weighted by Gasteiger charge is -2.35. The zero-order valence-electron chi connectivity index (χ0n) is 10.8. The van der Waals surface area contributed by atoms with Crippen molar-refractivity contribution >= 4 is 15.7 Å². The van der Waals surface area contributed by atoms with E-state index in [0.29, 0.717) is 19.8 Å². The summed E-state index contributed by atoms with van der Waals surface area (Å²) in [5, 5.41) is 3.07. The summed E-state index contributed by atoms with van der Waals surface area (Å²) in [5.41, 5.74) is 0. The van der Waals surface area contributed by atoms with Gasteiger partial charge in [-0.2, -0.15) is 0 Å². The number of ether oxygens (including phenoxy) is 1. The monoisotopic (exact) mass is 276 g/mol. The topological polar surface area (TPSA) is 75.7 Å². The highest BCUT2D eigenvalue weighted by Crippen LogP contribution is 2.20. The van der Waals surface area contributed by atoms with Crippen LogP contribution in [-0.4, -0.2) is 69.6 Å². The van der Waals surface area contributed by atoms with Crippen LogP contribution >= 0.6 is 0 Å². The van der Waals surface area contributed by atoms with Crippen molar-refractivity contribution in [1.82, 2.24) is 10.2 Å². The number of carbonyl (C=O) groups excluding carboxylic acids is 1. The third kappa shape index (κ3) is 2.67. The highest BCUT2D eigenvalue weighted by atomic mass is 32.2. The number of likely N-dealkylation sites (N-methyl/N-ethyl adjacent to an activating group) is 1. The Balaban J connectivity index is 2.05. The van der Waals surface area contributed by atoms with Crippen molar-refractivity contribution in [1.29, 1.82) is 0 Å². The Bertz CT molecular complexity index is 423. The normalized spacial score (nSPS) is 35.7. The minimum absolute atomic E-state index is 0.00856. The summed E-state index contributed by atoms with van der Waals surface area (Å²) in [6, 6.07) is -0.211. The molecule has 2 aliphatic rings. The first-order valence-corrected chi connectivity index (χ1v) is 8.02. The molecular formula is C11H20N2O4S. The summed E-state index contributed by atoms with van der Waals surface area (Å²) in [7, 11) is -1.17. The molecule has 2 saturated heterocycles. The molecule has 18 heavy (non-hydrogen) atoms. The number of rotatable bonds is 2. The lowest BCUT2D eigenvalue weighted by Crippen LogP contribution is -2.54. The van der Waals surface area contributed by atoms with E-state index in [1.165, 1.54) is 0 Å². The van der Waals surface area contributed by atoms with E-state index >= 15 is 0 Å². The Morgan fingerprint density at radius 1 is 1.39 bits per heavy atom. The van der Waals surface area contributed by atoms with Crippen LogP contribution in [-0.2, 0) is 19.4 Å². The second kappa shape index (κ2) is 5.14. The Morgan fingerprint density at radius 2 is 2.11 bits per heavy atom. The Morgan fingerprint density at radius 3 is 2.72 bits per heavy atom. The van der Waals surface area contributed by atoms with Crippen LogP contribution in [0.2, 0.25) is 0 Å². The van der Waals surface area contributed by atoms with Gasteiger partial charge in [-0.1, -0.05) is 0 Å². The third-order valence-electron chi connectivity index (χ3n) is 3.72. The summed E-state index contributed by atoms with van der Waals surface area (Å²) in [6.45, 7) is 3.04. The zero-order valence-corrected chi connectivity index (χ0v) is 11.6. The van der Waals surface area contributed by atoms with Gasteiger partial charge < -0.3 is 15.0 Å². The minimum Gasteiger partial charge on any atom is -0.379 e. The molecule has 2 rings (SSSR count). The lowest BCUT2D eigenvalue weighted by atomic mass is 10.0. The third-order valence-corrected chi connectivity index (χ3v) is 5.52. The van der Waals surface area contributed by atoms with Crippen LogP contribution in [0.3, 0.4) is 0 Å². The van der Waals surface area contributed by atoms with Gasteiger partial charge in [0, 0.05) is 18.6 Å².